The Bertz CT molecular complexity index is 1310. The molecule has 4 heteroatoms. The summed E-state index contributed by atoms with van der Waals surface area (Å²) in [7, 11) is 0. The van der Waals surface area contributed by atoms with Gasteiger partial charge in [0.1, 0.15) is 0 Å². The van der Waals surface area contributed by atoms with E-state index in [0.717, 1.165) is 100 Å². The number of aliphatic hydroxyl groups is 2. The number of Topliss-reactive ketones (excluding diaryl/α,β-unsaturated/α-hetero) is 1. The minimum Gasteiger partial charge on any atom is -0.393 e. The van der Waals surface area contributed by atoms with Crippen LogP contribution in [0.2, 0.25) is 0 Å². The summed E-state index contributed by atoms with van der Waals surface area (Å²) in [6.45, 7) is 7.04. The second-order valence-corrected chi connectivity index (χ2v) is 14.4. The zero-order chi connectivity index (χ0) is 29.3. The molecular weight excluding hydrogens is 518 g/mol. The number of carbonyl (C=O) groups excluding carboxylic acids is 1. The number of carbonyl (C=O) groups is 1. The lowest BCUT2D eigenvalue weighted by Gasteiger charge is -2.47. The van der Waals surface area contributed by atoms with E-state index in [9.17, 15) is 15.0 Å². The summed E-state index contributed by atoms with van der Waals surface area (Å²) in [4.78, 5) is 16.7. The van der Waals surface area contributed by atoms with Crippen LogP contribution in [0.4, 0.5) is 0 Å². The summed E-state index contributed by atoms with van der Waals surface area (Å²) in [6.07, 6.45) is 14.1. The first-order chi connectivity index (χ1) is 20.3. The van der Waals surface area contributed by atoms with Crippen LogP contribution in [-0.4, -0.2) is 45.7 Å². The quantitative estimate of drug-likeness (QED) is 0.295. The Labute approximate surface area is 253 Å². The van der Waals surface area contributed by atoms with E-state index < -0.39 is 11.7 Å². The molecule has 2 aromatic rings. The first-order valence-electron chi connectivity index (χ1n) is 16.8. The molecule has 7 rings (SSSR count). The summed E-state index contributed by atoms with van der Waals surface area (Å²) >= 11 is 0. The number of hydrogen-bond donors (Lipinski definition) is 2. The van der Waals surface area contributed by atoms with E-state index in [4.69, 9.17) is 0 Å². The SMILES string of the molecule is CC1=CCC[C@@]2(C)[C@@H](CC[C@@]2(O)CN2CCc3ccccc3C2)c2ccc(cc2C(=O)C2CCCCC2)C[C@@H](O)CC1. The number of allylic oxidation sites excluding steroid dienone is 2. The van der Waals surface area contributed by atoms with Gasteiger partial charge < -0.3 is 10.2 Å². The second kappa shape index (κ2) is 12.4. The predicted octanol–water partition coefficient (Wildman–Crippen LogP) is 7.55. The highest BCUT2D eigenvalue weighted by molar-refractivity contribution is 5.99. The van der Waals surface area contributed by atoms with Gasteiger partial charge in [0.15, 0.2) is 5.78 Å². The van der Waals surface area contributed by atoms with Crippen LogP contribution in [0.5, 0.6) is 0 Å². The van der Waals surface area contributed by atoms with Crippen LogP contribution < -0.4 is 0 Å². The van der Waals surface area contributed by atoms with Crippen molar-refractivity contribution in [2.24, 2.45) is 11.3 Å². The Morgan fingerprint density at radius 3 is 2.57 bits per heavy atom. The molecule has 1 heterocycles. The highest BCUT2D eigenvalue weighted by Gasteiger charge is 2.57. The zero-order valence-electron chi connectivity index (χ0n) is 25.9. The van der Waals surface area contributed by atoms with E-state index in [0.29, 0.717) is 18.7 Å². The molecule has 0 unspecified atom stereocenters. The molecule has 4 nitrogen and oxygen atoms in total. The van der Waals surface area contributed by atoms with Crippen LogP contribution in [0.15, 0.2) is 54.1 Å². The number of fused-ring (bicyclic) bond motifs is 9. The third-order valence-corrected chi connectivity index (χ3v) is 11.6. The largest absolute Gasteiger partial charge is 0.393 e. The van der Waals surface area contributed by atoms with Crippen molar-refractivity contribution in [3.8, 4) is 0 Å². The number of ketones is 1. The van der Waals surface area contributed by atoms with Crippen molar-refractivity contribution in [1.29, 1.82) is 0 Å². The highest BCUT2D eigenvalue weighted by Crippen LogP contribution is 2.59. The first-order valence-corrected chi connectivity index (χ1v) is 16.8. The van der Waals surface area contributed by atoms with Crippen LogP contribution in [0.25, 0.3) is 0 Å². The predicted molar refractivity (Wildman–Crippen MR) is 170 cm³/mol. The van der Waals surface area contributed by atoms with E-state index in [2.05, 4.69) is 67.3 Å². The van der Waals surface area contributed by atoms with Crippen molar-refractivity contribution in [2.45, 2.75) is 121 Å². The van der Waals surface area contributed by atoms with E-state index in [-0.39, 0.29) is 17.3 Å². The Balaban J connectivity index is 1.37. The van der Waals surface area contributed by atoms with Crippen molar-refractivity contribution < 1.29 is 15.0 Å². The van der Waals surface area contributed by atoms with Gasteiger partial charge in [-0.25, -0.2) is 0 Å². The third kappa shape index (κ3) is 5.92. The lowest BCUT2D eigenvalue weighted by molar-refractivity contribution is -0.0856. The average molecular weight is 570 g/mol. The van der Waals surface area contributed by atoms with Crippen LogP contribution in [-0.2, 0) is 19.4 Å². The zero-order valence-corrected chi connectivity index (χ0v) is 25.9. The van der Waals surface area contributed by atoms with Gasteiger partial charge in [0.2, 0.25) is 0 Å². The molecule has 4 aliphatic carbocycles. The molecule has 42 heavy (non-hydrogen) atoms. The number of β-amino-alcohol motifs (C(OH)–C–C–N with tert-alkyl or cyclic N) is 1. The van der Waals surface area contributed by atoms with Crippen molar-refractivity contribution in [3.63, 3.8) is 0 Å². The molecule has 0 radical (unpaired) electrons. The first kappa shape index (κ1) is 29.8. The lowest BCUT2D eigenvalue weighted by Crippen LogP contribution is -2.53. The molecular formula is C38H51NO3. The number of aliphatic hydroxyl groups excluding tert-OH is 1. The molecule has 2 bridgehead atoms. The van der Waals surface area contributed by atoms with Crippen molar-refractivity contribution in [3.05, 3.63) is 81.9 Å². The molecule has 0 aromatic heterocycles. The minimum absolute atomic E-state index is 0.0992. The summed E-state index contributed by atoms with van der Waals surface area (Å²) in [6, 6.07) is 15.2. The number of rotatable bonds is 4. The van der Waals surface area contributed by atoms with Crippen LogP contribution in [0.3, 0.4) is 0 Å². The summed E-state index contributed by atoms with van der Waals surface area (Å²) < 4.78 is 0. The second-order valence-electron chi connectivity index (χ2n) is 14.4. The molecule has 2 N–H and O–H groups in total. The van der Waals surface area contributed by atoms with E-state index in [1.807, 2.05) is 0 Å². The standard InChI is InChI=1S/C38H51NO3/c1-27-9-8-20-37(2)35(18-21-38(37,42)26-39-22-19-29-10-6-7-13-31(29)25-39)33-17-15-28(23-32(40)16-14-27)24-34(33)36(41)30-11-4-3-5-12-30/h6-7,9-10,13,15,17,24,30,32,35,40,42H,3-5,8,11-12,14,16,18-23,25-26H2,1-2H3/t32-,35-,37-,38+/m0/s1. The Hall–Kier alpha value is -2.27. The molecule has 226 valence electrons. The summed E-state index contributed by atoms with van der Waals surface area (Å²) in [5.41, 5.74) is 6.04. The normalized spacial score (nSPS) is 31.2. The fraction of sp³-hybridized carbons (Fsp3) is 0.605. The van der Waals surface area contributed by atoms with Gasteiger partial charge in [-0.3, -0.25) is 9.69 Å². The van der Waals surface area contributed by atoms with Gasteiger partial charge >= 0.3 is 0 Å². The van der Waals surface area contributed by atoms with Gasteiger partial charge in [-0.2, -0.15) is 0 Å². The highest BCUT2D eigenvalue weighted by atomic mass is 16.3. The molecule has 4 atom stereocenters. The van der Waals surface area contributed by atoms with E-state index in [1.165, 1.54) is 23.1 Å². The van der Waals surface area contributed by atoms with Gasteiger partial charge in [-0.15, -0.1) is 0 Å². The maximum absolute atomic E-state index is 14.2. The summed E-state index contributed by atoms with van der Waals surface area (Å²) in [5.74, 6) is 0.522. The number of benzene rings is 2. The van der Waals surface area contributed by atoms with Crippen molar-refractivity contribution >= 4 is 5.78 Å². The number of hydrogen-bond acceptors (Lipinski definition) is 4. The van der Waals surface area contributed by atoms with E-state index in [1.54, 1.807) is 0 Å². The topological polar surface area (TPSA) is 60.8 Å². The van der Waals surface area contributed by atoms with Gasteiger partial charge in [0.05, 0.1) is 11.7 Å². The van der Waals surface area contributed by atoms with Crippen LogP contribution in [0.1, 0.15) is 123 Å². The molecule has 0 spiro atoms. The maximum Gasteiger partial charge on any atom is 0.166 e. The smallest absolute Gasteiger partial charge is 0.166 e. The Kier molecular flexibility index (Phi) is 8.78. The molecule has 2 saturated carbocycles. The molecule has 0 amide bonds. The molecule has 2 aromatic carbocycles. The summed E-state index contributed by atoms with van der Waals surface area (Å²) in [5, 5.41) is 23.6. The van der Waals surface area contributed by atoms with Crippen molar-refractivity contribution in [2.75, 3.05) is 13.1 Å². The molecule has 5 aliphatic rings. The van der Waals surface area contributed by atoms with Crippen LogP contribution >= 0.6 is 0 Å². The van der Waals surface area contributed by atoms with Gasteiger partial charge in [-0.1, -0.05) is 74.2 Å². The Morgan fingerprint density at radius 1 is 0.976 bits per heavy atom. The third-order valence-electron chi connectivity index (χ3n) is 11.6. The monoisotopic (exact) mass is 569 g/mol. The fourth-order valence-corrected chi connectivity index (χ4v) is 8.86. The Morgan fingerprint density at radius 2 is 1.76 bits per heavy atom. The number of nitrogens with zero attached hydrogens (tertiary/aromatic N) is 1. The van der Waals surface area contributed by atoms with Crippen LogP contribution in [0, 0.1) is 11.3 Å². The van der Waals surface area contributed by atoms with Gasteiger partial charge in [0, 0.05) is 36.5 Å². The minimum atomic E-state index is -0.831. The molecule has 0 saturated heterocycles. The average Bonchev–Trinajstić information content (AvgIpc) is 3.25. The lowest BCUT2D eigenvalue weighted by atomic mass is 9.64. The molecule has 1 aliphatic heterocycles. The fourth-order valence-electron chi connectivity index (χ4n) is 8.86. The van der Waals surface area contributed by atoms with Gasteiger partial charge in [0.25, 0.3) is 0 Å². The molecule has 2 fully saturated rings. The van der Waals surface area contributed by atoms with Gasteiger partial charge in [-0.05, 0) is 105 Å². The maximum atomic E-state index is 14.2. The van der Waals surface area contributed by atoms with Crippen molar-refractivity contribution in [1.82, 2.24) is 4.90 Å². The van der Waals surface area contributed by atoms with E-state index >= 15 is 0 Å².